The van der Waals surface area contributed by atoms with Crippen molar-refractivity contribution in [3.63, 3.8) is 0 Å². The molecule has 0 aromatic carbocycles. The van der Waals surface area contributed by atoms with Crippen molar-refractivity contribution in [1.82, 2.24) is 4.90 Å². The Labute approximate surface area is 83.5 Å². The van der Waals surface area contributed by atoms with Crippen molar-refractivity contribution in [2.75, 3.05) is 19.6 Å². The van der Waals surface area contributed by atoms with Crippen molar-refractivity contribution >= 4 is 0 Å². The molecule has 1 aliphatic rings. The van der Waals surface area contributed by atoms with Crippen molar-refractivity contribution in [2.24, 2.45) is 17.3 Å². The Balaban J connectivity index is 2.36. The maximum atomic E-state index is 2.63. The zero-order chi connectivity index (χ0) is 10.1. The van der Waals surface area contributed by atoms with E-state index in [1.54, 1.807) is 0 Å². The predicted octanol–water partition coefficient (Wildman–Crippen LogP) is 3.01. The van der Waals surface area contributed by atoms with Gasteiger partial charge in [-0.2, -0.15) is 0 Å². The zero-order valence-corrected chi connectivity index (χ0v) is 9.93. The molecule has 1 atom stereocenters. The van der Waals surface area contributed by atoms with Crippen LogP contribution in [0, 0.1) is 17.3 Å². The molecule has 0 saturated carbocycles. The second kappa shape index (κ2) is 4.00. The minimum atomic E-state index is 0.506. The molecular formula is C12H25N. The van der Waals surface area contributed by atoms with Crippen molar-refractivity contribution in [1.29, 1.82) is 0 Å². The minimum Gasteiger partial charge on any atom is -0.303 e. The largest absolute Gasteiger partial charge is 0.303 e. The summed E-state index contributed by atoms with van der Waals surface area (Å²) in [6, 6.07) is 0. The van der Waals surface area contributed by atoms with Crippen molar-refractivity contribution in [3.05, 3.63) is 0 Å². The average Bonchev–Trinajstić information content (AvgIpc) is 2.32. The third-order valence-electron chi connectivity index (χ3n) is 3.12. The fourth-order valence-corrected chi connectivity index (χ4v) is 2.22. The van der Waals surface area contributed by atoms with E-state index >= 15 is 0 Å². The van der Waals surface area contributed by atoms with Crippen LogP contribution in [0.25, 0.3) is 0 Å². The minimum absolute atomic E-state index is 0.506. The molecule has 0 aliphatic carbocycles. The van der Waals surface area contributed by atoms with E-state index in [1.807, 2.05) is 0 Å². The highest BCUT2D eigenvalue weighted by atomic mass is 15.1. The monoisotopic (exact) mass is 183 g/mol. The van der Waals surface area contributed by atoms with E-state index in [9.17, 15) is 0 Å². The van der Waals surface area contributed by atoms with E-state index in [2.05, 4.69) is 39.5 Å². The second-order valence-corrected chi connectivity index (χ2v) is 6.01. The fraction of sp³-hybridized carbons (Fsp3) is 1.00. The maximum absolute atomic E-state index is 2.63. The van der Waals surface area contributed by atoms with Crippen LogP contribution in [0.1, 0.15) is 41.0 Å². The SMILES string of the molecule is CC(C)CN1CCC(C(C)(C)C)C1. The first-order valence-electron chi connectivity index (χ1n) is 5.62. The lowest BCUT2D eigenvalue weighted by Crippen LogP contribution is -2.28. The van der Waals surface area contributed by atoms with Crippen LogP contribution in [0.3, 0.4) is 0 Å². The van der Waals surface area contributed by atoms with E-state index in [0.717, 1.165) is 11.8 Å². The molecule has 1 nitrogen and oxygen atoms in total. The molecule has 0 bridgehead atoms. The van der Waals surface area contributed by atoms with E-state index in [4.69, 9.17) is 0 Å². The third kappa shape index (κ3) is 3.30. The lowest BCUT2D eigenvalue weighted by Gasteiger charge is -2.27. The van der Waals surface area contributed by atoms with Crippen molar-refractivity contribution in [2.45, 2.75) is 41.0 Å². The van der Waals surface area contributed by atoms with Gasteiger partial charge in [-0.3, -0.25) is 0 Å². The Morgan fingerprint density at radius 2 is 1.92 bits per heavy atom. The van der Waals surface area contributed by atoms with Crippen LogP contribution in [0.2, 0.25) is 0 Å². The molecule has 1 saturated heterocycles. The Bertz CT molecular complexity index is 155. The lowest BCUT2D eigenvalue weighted by molar-refractivity contribution is 0.220. The summed E-state index contributed by atoms with van der Waals surface area (Å²) in [5.74, 6) is 1.73. The molecule has 13 heavy (non-hydrogen) atoms. The van der Waals surface area contributed by atoms with Crippen LogP contribution in [-0.2, 0) is 0 Å². The normalized spacial score (nSPS) is 25.8. The molecule has 1 rings (SSSR count). The Kier molecular flexibility index (Phi) is 3.39. The van der Waals surface area contributed by atoms with Crippen molar-refractivity contribution in [3.8, 4) is 0 Å². The zero-order valence-electron chi connectivity index (χ0n) is 9.93. The van der Waals surface area contributed by atoms with E-state index < -0.39 is 0 Å². The van der Waals surface area contributed by atoms with Crippen LogP contribution in [-0.4, -0.2) is 24.5 Å². The fourth-order valence-electron chi connectivity index (χ4n) is 2.22. The van der Waals surface area contributed by atoms with Gasteiger partial charge in [0.2, 0.25) is 0 Å². The molecule has 1 heteroatoms. The Hall–Kier alpha value is -0.0400. The van der Waals surface area contributed by atoms with Gasteiger partial charge in [0.15, 0.2) is 0 Å². The first kappa shape index (κ1) is 11.0. The number of nitrogens with zero attached hydrogens (tertiary/aromatic N) is 1. The summed E-state index contributed by atoms with van der Waals surface area (Å²) in [5.41, 5.74) is 0.506. The first-order chi connectivity index (χ1) is 5.89. The van der Waals surface area contributed by atoms with E-state index in [1.165, 1.54) is 26.1 Å². The van der Waals surface area contributed by atoms with Crippen LogP contribution in [0.5, 0.6) is 0 Å². The topological polar surface area (TPSA) is 3.24 Å². The van der Waals surface area contributed by atoms with Gasteiger partial charge < -0.3 is 4.90 Å². The number of hydrogen-bond donors (Lipinski definition) is 0. The molecule has 1 fully saturated rings. The van der Waals surface area contributed by atoms with Crippen LogP contribution < -0.4 is 0 Å². The van der Waals surface area contributed by atoms with Crippen LogP contribution in [0.4, 0.5) is 0 Å². The van der Waals surface area contributed by atoms with Gasteiger partial charge in [-0.05, 0) is 30.2 Å². The maximum Gasteiger partial charge on any atom is 0.00152 e. The van der Waals surface area contributed by atoms with Gasteiger partial charge in [0, 0.05) is 13.1 Å². The molecule has 0 amide bonds. The molecule has 0 spiro atoms. The van der Waals surface area contributed by atoms with Crippen LogP contribution >= 0.6 is 0 Å². The highest BCUT2D eigenvalue weighted by Crippen LogP contribution is 2.33. The smallest absolute Gasteiger partial charge is 0.00152 e. The Morgan fingerprint density at radius 3 is 2.31 bits per heavy atom. The van der Waals surface area contributed by atoms with Gasteiger partial charge in [-0.15, -0.1) is 0 Å². The molecule has 0 N–H and O–H groups in total. The van der Waals surface area contributed by atoms with Gasteiger partial charge >= 0.3 is 0 Å². The Morgan fingerprint density at radius 1 is 1.31 bits per heavy atom. The van der Waals surface area contributed by atoms with E-state index in [-0.39, 0.29) is 0 Å². The van der Waals surface area contributed by atoms with Gasteiger partial charge in [-0.25, -0.2) is 0 Å². The summed E-state index contributed by atoms with van der Waals surface area (Å²) in [6.45, 7) is 15.7. The molecule has 0 aromatic heterocycles. The molecule has 78 valence electrons. The molecule has 1 unspecified atom stereocenters. The summed E-state index contributed by atoms with van der Waals surface area (Å²) in [7, 11) is 0. The highest BCUT2D eigenvalue weighted by Gasteiger charge is 2.31. The van der Waals surface area contributed by atoms with Gasteiger partial charge in [0.05, 0.1) is 0 Å². The third-order valence-corrected chi connectivity index (χ3v) is 3.12. The second-order valence-electron chi connectivity index (χ2n) is 6.01. The van der Waals surface area contributed by atoms with E-state index in [0.29, 0.717) is 5.41 Å². The number of likely N-dealkylation sites (tertiary alicyclic amines) is 1. The highest BCUT2D eigenvalue weighted by molar-refractivity contribution is 4.83. The summed E-state index contributed by atoms with van der Waals surface area (Å²) in [5, 5.41) is 0. The van der Waals surface area contributed by atoms with Gasteiger partial charge in [-0.1, -0.05) is 34.6 Å². The molecule has 0 aromatic rings. The average molecular weight is 183 g/mol. The van der Waals surface area contributed by atoms with Crippen LogP contribution in [0.15, 0.2) is 0 Å². The standard InChI is InChI=1S/C12H25N/c1-10(2)8-13-7-6-11(9-13)12(3,4)5/h10-11H,6-9H2,1-5H3. The predicted molar refractivity (Wildman–Crippen MR) is 58.8 cm³/mol. The molecule has 0 radical (unpaired) electrons. The molecular weight excluding hydrogens is 158 g/mol. The van der Waals surface area contributed by atoms with Crippen molar-refractivity contribution < 1.29 is 0 Å². The summed E-state index contributed by atoms with van der Waals surface area (Å²) in [6.07, 6.45) is 1.40. The van der Waals surface area contributed by atoms with Gasteiger partial charge in [0.1, 0.15) is 0 Å². The van der Waals surface area contributed by atoms with Gasteiger partial charge in [0.25, 0.3) is 0 Å². The summed E-state index contributed by atoms with van der Waals surface area (Å²) >= 11 is 0. The molecule has 1 aliphatic heterocycles. The lowest BCUT2D eigenvalue weighted by atomic mass is 9.80. The number of rotatable bonds is 2. The summed E-state index contributed by atoms with van der Waals surface area (Å²) in [4.78, 5) is 2.63. The first-order valence-corrected chi connectivity index (χ1v) is 5.62. The summed E-state index contributed by atoms with van der Waals surface area (Å²) < 4.78 is 0. The molecule has 1 heterocycles. The number of hydrogen-bond acceptors (Lipinski definition) is 1. The quantitative estimate of drug-likeness (QED) is 0.636.